The molecule has 0 saturated carbocycles. The van der Waals surface area contributed by atoms with Gasteiger partial charge < -0.3 is 9.84 Å². The summed E-state index contributed by atoms with van der Waals surface area (Å²) in [7, 11) is 0. The Morgan fingerprint density at radius 1 is 1.17 bits per heavy atom. The van der Waals surface area contributed by atoms with E-state index < -0.39 is 35.3 Å². The lowest BCUT2D eigenvalue weighted by molar-refractivity contribution is -0.344. The van der Waals surface area contributed by atoms with Crippen molar-refractivity contribution in [2.24, 2.45) is 0 Å². The molecule has 0 radical (unpaired) electrons. The van der Waals surface area contributed by atoms with Crippen LogP contribution in [0, 0.1) is 0 Å². The SMILES string of the molecule is C=C(C)C(=O)OC(c1ccccc1)C(F)(F)C(C)(O)C(F)(F)F. The minimum absolute atomic E-state index is 0.0719. The van der Waals surface area contributed by atoms with Crippen LogP contribution in [0.4, 0.5) is 22.0 Å². The van der Waals surface area contributed by atoms with Crippen LogP contribution < -0.4 is 0 Å². The van der Waals surface area contributed by atoms with Crippen molar-refractivity contribution in [1.29, 1.82) is 0 Å². The summed E-state index contributed by atoms with van der Waals surface area (Å²) in [5, 5.41) is 9.37. The van der Waals surface area contributed by atoms with Gasteiger partial charge in [-0.1, -0.05) is 36.9 Å². The van der Waals surface area contributed by atoms with Gasteiger partial charge in [0.2, 0.25) is 5.60 Å². The number of esters is 1. The number of hydrogen-bond donors (Lipinski definition) is 1. The monoisotopic (exact) mass is 338 g/mol. The maximum atomic E-state index is 14.4. The number of carbonyl (C=O) groups is 1. The molecule has 1 aromatic rings. The highest BCUT2D eigenvalue weighted by atomic mass is 19.4. The molecule has 0 saturated heterocycles. The van der Waals surface area contributed by atoms with Crippen molar-refractivity contribution in [3.8, 4) is 0 Å². The van der Waals surface area contributed by atoms with Crippen LogP contribution in [-0.2, 0) is 9.53 Å². The normalized spacial score (nSPS) is 16.3. The Morgan fingerprint density at radius 3 is 2.04 bits per heavy atom. The number of benzene rings is 1. The van der Waals surface area contributed by atoms with E-state index in [1.165, 1.54) is 18.2 Å². The van der Waals surface area contributed by atoms with E-state index in [1.54, 1.807) is 0 Å². The van der Waals surface area contributed by atoms with Crippen molar-refractivity contribution in [3.05, 3.63) is 48.0 Å². The van der Waals surface area contributed by atoms with Gasteiger partial charge in [0.25, 0.3) is 0 Å². The molecule has 8 heteroatoms. The Labute approximate surface area is 129 Å². The molecule has 0 amide bonds. The second-order valence-corrected chi connectivity index (χ2v) is 5.17. The van der Waals surface area contributed by atoms with E-state index in [0.29, 0.717) is 0 Å². The van der Waals surface area contributed by atoms with Gasteiger partial charge in [-0.2, -0.15) is 22.0 Å². The van der Waals surface area contributed by atoms with Crippen molar-refractivity contribution < 1.29 is 36.6 Å². The number of rotatable bonds is 5. The van der Waals surface area contributed by atoms with E-state index >= 15 is 0 Å². The van der Waals surface area contributed by atoms with E-state index in [0.717, 1.165) is 19.1 Å². The molecular weight excluding hydrogens is 323 g/mol. The Morgan fingerprint density at radius 2 is 1.65 bits per heavy atom. The van der Waals surface area contributed by atoms with E-state index in [-0.39, 0.29) is 12.5 Å². The van der Waals surface area contributed by atoms with Crippen LogP contribution in [0.2, 0.25) is 0 Å². The smallest absolute Gasteiger partial charge is 0.423 e. The number of alkyl halides is 5. The predicted octanol–water partition coefficient (Wildman–Crippen LogP) is 3.80. The summed E-state index contributed by atoms with van der Waals surface area (Å²) >= 11 is 0. The maximum absolute atomic E-state index is 14.4. The minimum atomic E-state index is -5.64. The van der Waals surface area contributed by atoms with Crippen LogP contribution in [0.1, 0.15) is 25.5 Å². The van der Waals surface area contributed by atoms with Crippen molar-refractivity contribution in [2.45, 2.75) is 37.7 Å². The van der Waals surface area contributed by atoms with Crippen LogP contribution in [0.15, 0.2) is 42.5 Å². The molecule has 2 unspecified atom stereocenters. The predicted molar refractivity (Wildman–Crippen MR) is 71.7 cm³/mol. The molecule has 128 valence electrons. The zero-order chi connectivity index (χ0) is 18.1. The Kier molecular flexibility index (Phi) is 5.20. The third-order valence-corrected chi connectivity index (χ3v) is 3.21. The number of carbonyl (C=O) groups excluding carboxylic acids is 1. The fourth-order valence-electron chi connectivity index (χ4n) is 1.63. The van der Waals surface area contributed by atoms with E-state index in [4.69, 9.17) is 0 Å². The highest BCUT2D eigenvalue weighted by Gasteiger charge is 2.70. The van der Waals surface area contributed by atoms with Crippen LogP contribution in [0.25, 0.3) is 0 Å². The summed E-state index contributed by atoms with van der Waals surface area (Å²) in [6.45, 7) is 4.28. The second kappa shape index (κ2) is 6.27. The zero-order valence-electron chi connectivity index (χ0n) is 12.3. The first-order valence-corrected chi connectivity index (χ1v) is 6.40. The highest BCUT2D eigenvalue weighted by Crippen LogP contribution is 2.49. The quantitative estimate of drug-likeness (QED) is 0.505. The Hall–Kier alpha value is -1.96. The number of aliphatic hydroxyl groups is 1. The van der Waals surface area contributed by atoms with Crippen molar-refractivity contribution >= 4 is 5.97 Å². The molecule has 3 nitrogen and oxygen atoms in total. The van der Waals surface area contributed by atoms with Gasteiger partial charge in [0, 0.05) is 5.57 Å². The number of ether oxygens (including phenoxy) is 1. The first-order chi connectivity index (χ1) is 10.3. The molecule has 1 rings (SSSR count). The first kappa shape index (κ1) is 19.1. The summed E-state index contributed by atoms with van der Waals surface area (Å²) in [5.41, 5.74) is -5.07. The van der Waals surface area contributed by atoms with Gasteiger partial charge in [-0.15, -0.1) is 0 Å². The Bertz CT molecular complexity index is 579. The summed E-state index contributed by atoms with van der Waals surface area (Å²) in [5.74, 6) is -6.13. The zero-order valence-corrected chi connectivity index (χ0v) is 12.3. The molecule has 1 N–H and O–H groups in total. The van der Waals surface area contributed by atoms with Crippen LogP contribution in [0.3, 0.4) is 0 Å². The highest BCUT2D eigenvalue weighted by molar-refractivity contribution is 5.87. The van der Waals surface area contributed by atoms with Gasteiger partial charge in [-0.3, -0.25) is 0 Å². The van der Waals surface area contributed by atoms with Gasteiger partial charge in [0.1, 0.15) is 0 Å². The summed E-state index contributed by atoms with van der Waals surface area (Å²) in [6, 6.07) is 6.15. The summed E-state index contributed by atoms with van der Waals surface area (Å²) in [4.78, 5) is 11.5. The molecule has 0 fully saturated rings. The largest absolute Gasteiger partial charge is 0.448 e. The van der Waals surface area contributed by atoms with Gasteiger partial charge in [-0.25, -0.2) is 4.79 Å². The molecule has 0 heterocycles. The molecule has 0 aromatic heterocycles. The lowest BCUT2D eigenvalue weighted by atomic mass is 9.89. The lowest BCUT2D eigenvalue weighted by Gasteiger charge is -2.38. The standard InChI is InChI=1S/C15H15F5O3/c1-9(2)12(21)23-11(10-7-5-4-6-8-10)14(16,17)13(3,22)15(18,19)20/h4-8,11,22H,1H2,2-3H3. The summed E-state index contributed by atoms with van der Waals surface area (Å²) < 4.78 is 71.7. The molecule has 0 aliphatic rings. The van der Waals surface area contributed by atoms with Crippen molar-refractivity contribution in [2.75, 3.05) is 0 Å². The van der Waals surface area contributed by atoms with E-state index in [2.05, 4.69) is 11.3 Å². The van der Waals surface area contributed by atoms with Crippen LogP contribution in [0.5, 0.6) is 0 Å². The minimum Gasteiger partial charge on any atom is -0.448 e. The average Bonchev–Trinajstić information content (AvgIpc) is 2.43. The first-order valence-electron chi connectivity index (χ1n) is 6.40. The number of halogens is 5. The summed E-state index contributed by atoms with van der Waals surface area (Å²) in [6.07, 6.45) is -8.27. The molecule has 0 bridgehead atoms. The van der Waals surface area contributed by atoms with Gasteiger partial charge in [-0.05, 0) is 19.4 Å². The third kappa shape index (κ3) is 3.69. The topological polar surface area (TPSA) is 46.5 Å². The fourth-order valence-corrected chi connectivity index (χ4v) is 1.63. The second-order valence-electron chi connectivity index (χ2n) is 5.17. The molecule has 0 spiro atoms. The molecule has 1 aromatic carbocycles. The lowest BCUT2D eigenvalue weighted by Crippen LogP contribution is -2.59. The van der Waals surface area contributed by atoms with Gasteiger partial charge in [0.15, 0.2) is 6.10 Å². The van der Waals surface area contributed by atoms with Crippen LogP contribution in [-0.4, -0.2) is 28.8 Å². The van der Waals surface area contributed by atoms with E-state index in [1.807, 2.05) is 0 Å². The van der Waals surface area contributed by atoms with Gasteiger partial charge in [0.05, 0.1) is 0 Å². The van der Waals surface area contributed by atoms with Gasteiger partial charge >= 0.3 is 18.1 Å². The van der Waals surface area contributed by atoms with E-state index in [9.17, 15) is 31.9 Å². The molecule has 0 aliphatic carbocycles. The molecule has 0 aliphatic heterocycles. The Balaban J connectivity index is 3.39. The molecular formula is C15H15F5O3. The number of hydrogen-bond acceptors (Lipinski definition) is 3. The average molecular weight is 338 g/mol. The molecule has 23 heavy (non-hydrogen) atoms. The fraction of sp³-hybridized carbons (Fsp3) is 0.400. The van der Waals surface area contributed by atoms with Crippen LogP contribution >= 0.6 is 0 Å². The van der Waals surface area contributed by atoms with Crippen molar-refractivity contribution in [1.82, 2.24) is 0 Å². The molecule has 2 atom stereocenters. The maximum Gasteiger partial charge on any atom is 0.423 e. The third-order valence-electron chi connectivity index (χ3n) is 3.21. The van der Waals surface area contributed by atoms with Crippen molar-refractivity contribution in [3.63, 3.8) is 0 Å².